The zero-order valence-corrected chi connectivity index (χ0v) is 9.38. The highest BCUT2D eigenvalue weighted by atomic mass is 16.3. The van der Waals surface area contributed by atoms with Crippen molar-refractivity contribution in [2.24, 2.45) is 5.73 Å². The average molecular weight is 201 g/mol. The van der Waals surface area contributed by atoms with E-state index in [4.69, 9.17) is 5.73 Å². The lowest BCUT2D eigenvalue weighted by molar-refractivity contribution is -0.138. The first kappa shape index (κ1) is 13.4. The second kappa shape index (κ2) is 6.82. The number of primary amides is 1. The summed E-state index contributed by atoms with van der Waals surface area (Å²) in [7, 11) is 0. The lowest BCUT2D eigenvalue weighted by atomic mass is 9.90. The van der Waals surface area contributed by atoms with Crippen molar-refractivity contribution in [3.63, 3.8) is 0 Å². The molecule has 0 aliphatic heterocycles. The molecule has 0 spiro atoms. The van der Waals surface area contributed by atoms with Crippen molar-refractivity contribution >= 4 is 5.91 Å². The minimum Gasteiger partial charge on any atom is -0.380 e. The van der Waals surface area contributed by atoms with Crippen LogP contribution in [-0.2, 0) is 4.79 Å². The van der Waals surface area contributed by atoms with Crippen molar-refractivity contribution in [1.82, 2.24) is 0 Å². The molecule has 0 bridgehead atoms. The van der Waals surface area contributed by atoms with E-state index in [1.165, 1.54) is 0 Å². The van der Waals surface area contributed by atoms with Crippen molar-refractivity contribution in [2.45, 2.75) is 64.4 Å². The first-order valence-corrected chi connectivity index (χ1v) is 5.59. The maximum atomic E-state index is 11.1. The molecule has 0 aromatic heterocycles. The summed E-state index contributed by atoms with van der Waals surface area (Å²) in [5, 5.41) is 9.97. The van der Waals surface area contributed by atoms with Gasteiger partial charge < -0.3 is 10.8 Å². The van der Waals surface area contributed by atoms with E-state index in [9.17, 15) is 9.90 Å². The highest BCUT2D eigenvalue weighted by Gasteiger charge is 2.31. The van der Waals surface area contributed by atoms with Crippen molar-refractivity contribution in [2.75, 3.05) is 0 Å². The molecule has 3 N–H and O–H groups in total. The number of amides is 1. The maximum absolute atomic E-state index is 11.1. The van der Waals surface area contributed by atoms with Crippen LogP contribution >= 0.6 is 0 Å². The molecule has 0 radical (unpaired) electrons. The Labute approximate surface area is 86.7 Å². The van der Waals surface area contributed by atoms with Crippen molar-refractivity contribution in [3.05, 3.63) is 0 Å². The largest absolute Gasteiger partial charge is 0.380 e. The first-order valence-electron chi connectivity index (χ1n) is 5.59. The Morgan fingerprint density at radius 3 is 2.07 bits per heavy atom. The summed E-state index contributed by atoms with van der Waals surface area (Å²) in [5.41, 5.74) is 3.95. The van der Waals surface area contributed by atoms with Crippen LogP contribution < -0.4 is 5.73 Å². The standard InChI is InChI=1S/C11H23NO2/c1-3-5-7-9-11(14,10(12)13)8-6-4-2/h14H,3-9H2,1-2H3,(H2,12,13). The van der Waals surface area contributed by atoms with Crippen LogP contribution in [0, 0.1) is 0 Å². The fraction of sp³-hybridized carbons (Fsp3) is 0.909. The number of rotatable bonds is 8. The van der Waals surface area contributed by atoms with Gasteiger partial charge in [0.1, 0.15) is 5.60 Å². The molecular weight excluding hydrogens is 178 g/mol. The summed E-state index contributed by atoms with van der Waals surface area (Å²) in [6, 6.07) is 0. The Bertz CT molecular complexity index is 171. The van der Waals surface area contributed by atoms with Gasteiger partial charge in [-0.05, 0) is 12.8 Å². The lowest BCUT2D eigenvalue weighted by Gasteiger charge is -2.24. The second-order valence-corrected chi connectivity index (χ2v) is 3.96. The third kappa shape index (κ3) is 4.61. The summed E-state index contributed by atoms with van der Waals surface area (Å²) in [6.45, 7) is 4.13. The van der Waals surface area contributed by atoms with Crippen LogP contribution in [0.15, 0.2) is 0 Å². The second-order valence-electron chi connectivity index (χ2n) is 3.96. The van der Waals surface area contributed by atoms with E-state index in [0.717, 1.165) is 32.1 Å². The monoisotopic (exact) mass is 201 g/mol. The lowest BCUT2D eigenvalue weighted by Crippen LogP contribution is -2.43. The molecule has 0 saturated carbocycles. The van der Waals surface area contributed by atoms with Gasteiger partial charge in [0.2, 0.25) is 5.91 Å². The number of aliphatic hydroxyl groups is 1. The van der Waals surface area contributed by atoms with Gasteiger partial charge in [0.25, 0.3) is 0 Å². The SMILES string of the molecule is CCCCCC(O)(CCCC)C(N)=O. The van der Waals surface area contributed by atoms with Gasteiger partial charge in [-0.3, -0.25) is 4.79 Å². The van der Waals surface area contributed by atoms with Gasteiger partial charge in [0.15, 0.2) is 0 Å². The fourth-order valence-corrected chi connectivity index (χ4v) is 1.51. The quantitative estimate of drug-likeness (QED) is 0.590. The zero-order valence-electron chi connectivity index (χ0n) is 9.38. The summed E-state index contributed by atoms with van der Waals surface area (Å²) in [5.74, 6) is -0.568. The van der Waals surface area contributed by atoms with E-state index >= 15 is 0 Å². The van der Waals surface area contributed by atoms with Crippen LogP contribution in [-0.4, -0.2) is 16.6 Å². The first-order chi connectivity index (χ1) is 6.56. The van der Waals surface area contributed by atoms with E-state index < -0.39 is 11.5 Å². The molecule has 84 valence electrons. The van der Waals surface area contributed by atoms with E-state index in [0.29, 0.717) is 12.8 Å². The molecule has 0 aromatic rings. The number of nitrogens with two attached hydrogens (primary N) is 1. The summed E-state index contributed by atoms with van der Waals surface area (Å²) in [6.07, 6.45) is 5.84. The molecule has 0 rings (SSSR count). The summed E-state index contributed by atoms with van der Waals surface area (Å²) in [4.78, 5) is 11.1. The molecule has 3 nitrogen and oxygen atoms in total. The molecule has 0 aromatic carbocycles. The number of carbonyl (C=O) groups excluding carboxylic acids is 1. The van der Waals surface area contributed by atoms with E-state index in [2.05, 4.69) is 6.92 Å². The number of hydrogen-bond donors (Lipinski definition) is 2. The van der Waals surface area contributed by atoms with Gasteiger partial charge in [-0.1, -0.05) is 46.0 Å². The molecule has 3 heteroatoms. The minimum absolute atomic E-state index is 0.503. The predicted octanol–water partition coefficient (Wildman–Crippen LogP) is 1.97. The molecule has 1 atom stereocenters. The van der Waals surface area contributed by atoms with E-state index in [1.54, 1.807) is 0 Å². The Balaban J connectivity index is 4.03. The maximum Gasteiger partial charge on any atom is 0.249 e. The van der Waals surface area contributed by atoms with Gasteiger partial charge in [-0.15, -0.1) is 0 Å². The molecule has 0 heterocycles. The summed E-state index contributed by atoms with van der Waals surface area (Å²) < 4.78 is 0. The van der Waals surface area contributed by atoms with Gasteiger partial charge in [0.05, 0.1) is 0 Å². The van der Waals surface area contributed by atoms with Crippen molar-refractivity contribution in [3.8, 4) is 0 Å². The molecule has 0 aliphatic rings. The molecule has 0 saturated heterocycles. The highest BCUT2D eigenvalue weighted by Crippen LogP contribution is 2.21. The van der Waals surface area contributed by atoms with Crippen LogP contribution in [0.4, 0.5) is 0 Å². The highest BCUT2D eigenvalue weighted by molar-refractivity contribution is 5.83. The Morgan fingerprint density at radius 2 is 1.64 bits per heavy atom. The van der Waals surface area contributed by atoms with E-state index in [-0.39, 0.29) is 0 Å². The Morgan fingerprint density at radius 1 is 1.14 bits per heavy atom. The van der Waals surface area contributed by atoms with E-state index in [1.807, 2.05) is 6.92 Å². The Kier molecular flexibility index (Phi) is 6.54. The third-order valence-electron chi connectivity index (χ3n) is 2.60. The van der Waals surface area contributed by atoms with Gasteiger partial charge >= 0.3 is 0 Å². The smallest absolute Gasteiger partial charge is 0.249 e. The molecular formula is C11H23NO2. The zero-order chi connectivity index (χ0) is 11.0. The van der Waals surface area contributed by atoms with Crippen LogP contribution in [0.2, 0.25) is 0 Å². The molecule has 14 heavy (non-hydrogen) atoms. The van der Waals surface area contributed by atoms with Gasteiger partial charge in [0, 0.05) is 0 Å². The van der Waals surface area contributed by atoms with Crippen LogP contribution in [0.1, 0.15) is 58.8 Å². The van der Waals surface area contributed by atoms with Gasteiger partial charge in [-0.25, -0.2) is 0 Å². The fourth-order valence-electron chi connectivity index (χ4n) is 1.51. The molecule has 0 fully saturated rings. The number of hydrogen-bond acceptors (Lipinski definition) is 2. The topological polar surface area (TPSA) is 63.3 Å². The average Bonchev–Trinajstić information content (AvgIpc) is 2.15. The molecule has 1 amide bonds. The predicted molar refractivity (Wildman–Crippen MR) is 57.8 cm³/mol. The minimum atomic E-state index is -1.26. The van der Waals surface area contributed by atoms with Crippen LogP contribution in [0.3, 0.4) is 0 Å². The number of unbranched alkanes of at least 4 members (excludes halogenated alkanes) is 3. The molecule has 1 unspecified atom stereocenters. The van der Waals surface area contributed by atoms with Crippen molar-refractivity contribution in [1.29, 1.82) is 0 Å². The third-order valence-corrected chi connectivity index (χ3v) is 2.60. The van der Waals surface area contributed by atoms with Crippen LogP contribution in [0.5, 0.6) is 0 Å². The Hall–Kier alpha value is -0.570. The molecule has 0 aliphatic carbocycles. The number of carbonyl (C=O) groups is 1. The van der Waals surface area contributed by atoms with Crippen molar-refractivity contribution < 1.29 is 9.90 Å². The normalized spacial score (nSPS) is 15.1. The summed E-state index contributed by atoms with van der Waals surface area (Å²) >= 11 is 0. The van der Waals surface area contributed by atoms with Gasteiger partial charge in [-0.2, -0.15) is 0 Å². The van der Waals surface area contributed by atoms with Crippen LogP contribution in [0.25, 0.3) is 0 Å².